The number of ether oxygens (including phenoxy) is 2. The first-order chi connectivity index (χ1) is 13.2. The molecular weight excluding hydrogens is 362 g/mol. The quantitative estimate of drug-likeness (QED) is 0.718. The third kappa shape index (κ3) is 3.67. The molecule has 1 amide bonds. The molecule has 1 fully saturated rings. The van der Waals surface area contributed by atoms with Gasteiger partial charge in [-0.15, -0.1) is 0 Å². The number of hydrogen-bond donors (Lipinski definition) is 0. The number of rotatable bonds is 4. The Balaban J connectivity index is 1.50. The zero-order chi connectivity index (χ0) is 18.8. The molecule has 2 atom stereocenters. The molecule has 0 aromatic heterocycles. The summed E-state index contributed by atoms with van der Waals surface area (Å²) in [6.45, 7) is 0.300. The first-order valence-electron chi connectivity index (χ1n) is 9.19. The minimum atomic E-state index is -0.238. The maximum Gasteiger partial charge on any atom is 0.410 e. The normalized spacial score (nSPS) is 21.0. The second-order valence-corrected chi connectivity index (χ2v) is 7.39. The van der Waals surface area contributed by atoms with Gasteiger partial charge in [0.2, 0.25) is 0 Å². The first-order valence-corrected chi connectivity index (χ1v) is 9.57. The van der Waals surface area contributed by atoms with Gasteiger partial charge in [-0.3, -0.25) is 4.90 Å². The summed E-state index contributed by atoms with van der Waals surface area (Å²) in [6.07, 6.45) is 4.64. The molecule has 2 unspecified atom stereocenters. The van der Waals surface area contributed by atoms with E-state index in [0.29, 0.717) is 11.6 Å². The van der Waals surface area contributed by atoms with E-state index in [1.54, 1.807) is 7.11 Å². The lowest BCUT2D eigenvalue weighted by Gasteiger charge is -2.33. The number of amides is 1. The molecule has 0 radical (unpaired) electrons. The van der Waals surface area contributed by atoms with Crippen molar-refractivity contribution in [1.29, 1.82) is 0 Å². The number of carbonyl (C=O) groups is 1. The maximum atomic E-state index is 12.7. The molecule has 4 rings (SSSR count). The molecule has 0 aliphatic carbocycles. The molecule has 2 aromatic carbocycles. The second kappa shape index (κ2) is 7.65. The lowest BCUT2D eigenvalue weighted by Crippen LogP contribution is -2.43. The van der Waals surface area contributed by atoms with Crippen molar-refractivity contribution in [3.8, 4) is 5.75 Å². The van der Waals surface area contributed by atoms with Gasteiger partial charge in [0, 0.05) is 11.1 Å². The highest BCUT2D eigenvalue weighted by molar-refractivity contribution is 6.32. The van der Waals surface area contributed by atoms with Gasteiger partial charge in [0.1, 0.15) is 12.4 Å². The van der Waals surface area contributed by atoms with Crippen molar-refractivity contribution in [3.05, 3.63) is 70.8 Å². The molecule has 1 saturated heterocycles. The highest BCUT2D eigenvalue weighted by Gasteiger charge is 2.40. The van der Waals surface area contributed by atoms with Crippen LogP contribution in [0.3, 0.4) is 0 Å². The Labute approximate surface area is 164 Å². The van der Waals surface area contributed by atoms with E-state index in [1.807, 2.05) is 53.4 Å². The molecule has 4 nitrogen and oxygen atoms in total. The van der Waals surface area contributed by atoms with Gasteiger partial charge in [-0.25, -0.2) is 4.79 Å². The number of hydrogen-bond acceptors (Lipinski definition) is 3. The van der Waals surface area contributed by atoms with Crippen molar-refractivity contribution in [2.45, 2.75) is 38.0 Å². The summed E-state index contributed by atoms with van der Waals surface area (Å²) in [5.74, 6) is 0.785. The molecule has 27 heavy (non-hydrogen) atoms. The topological polar surface area (TPSA) is 38.8 Å². The minimum Gasteiger partial charge on any atom is -0.497 e. The van der Waals surface area contributed by atoms with E-state index in [0.717, 1.165) is 36.1 Å². The van der Waals surface area contributed by atoms with E-state index >= 15 is 0 Å². The van der Waals surface area contributed by atoms with Crippen LogP contribution in [0.25, 0.3) is 5.57 Å². The minimum absolute atomic E-state index is 0.0595. The summed E-state index contributed by atoms with van der Waals surface area (Å²) < 4.78 is 10.9. The van der Waals surface area contributed by atoms with Crippen molar-refractivity contribution >= 4 is 23.3 Å². The summed E-state index contributed by atoms with van der Waals surface area (Å²) in [5, 5.41) is 0.710. The zero-order valence-corrected chi connectivity index (χ0v) is 16.0. The van der Waals surface area contributed by atoms with Crippen molar-refractivity contribution in [3.63, 3.8) is 0 Å². The molecule has 2 aliphatic heterocycles. The standard InChI is InChI=1S/C22H22ClNO3/c1-26-19-9-10-21(23)20(13-19)16-11-17-7-8-18(12-16)24(17)22(25)27-14-15-5-3-2-4-6-15/h2-6,9-11,13,17-18H,7-8,12,14H2,1H3. The highest BCUT2D eigenvalue weighted by atomic mass is 35.5. The van der Waals surface area contributed by atoms with Crippen LogP contribution in [0.4, 0.5) is 4.79 Å². The number of nitrogens with zero attached hydrogens (tertiary/aromatic N) is 1. The Hall–Kier alpha value is -2.46. The fourth-order valence-electron chi connectivity index (χ4n) is 3.99. The Bertz CT molecular complexity index is 865. The van der Waals surface area contributed by atoms with Gasteiger partial charge in [-0.2, -0.15) is 0 Å². The Kier molecular flexibility index (Phi) is 5.08. The van der Waals surface area contributed by atoms with Crippen LogP contribution < -0.4 is 4.74 Å². The van der Waals surface area contributed by atoms with Gasteiger partial charge in [-0.05, 0) is 54.2 Å². The first kappa shape index (κ1) is 17.9. The van der Waals surface area contributed by atoms with Crippen LogP contribution in [0, 0.1) is 0 Å². The van der Waals surface area contributed by atoms with Crippen molar-refractivity contribution in [2.24, 2.45) is 0 Å². The van der Waals surface area contributed by atoms with Gasteiger partial charge < -0.3 is 9.47 Å². The van der Waals surface area contributed by atoms with Crippen LogP contribution in [0.1, 0.15) is 30.4 Å². The summed E-state index contributed by atoms with van der Waals surface area (Å²) in [7, 11) is 1.65. The van der Waals surface area contributed by atoms with E-state index in [-0.39, 0.29) is 18.2 Å². The van der Waals surface area contributed by atoms with E-state index in [2.05, 4.69) is 6.08 Å². The molecule has 0 N–H and O–H groups in total. The number of carbonyl (C=O) groups excluding carboxylic acids is 1. The monoisotopic (exact) mass is 383 g/mol. The third-order valence-corrected chi connectivity index (χ3v) is 5.66. The SMILES string of the molecule is COc1ccc(Cl)c(C2=CC3CCC(C2)N3C(=O)OCc2ccccc2)c1. The fourth-order valence-corrected chi connectivity index (χ4v) is 4.22. The van der Waals surface area contributed by atoms with Crippen molar-refractivity contribution in [1.82, 2.24) is 4.90 Å². The largest absolute Gasteiger partial charge is 0.497 e. The van der Waals surface area contributed by atoms with Crippen LogP contribution in [-0.4, -0.2) is 30.2 Å². The predicted molar refractivity (Wildman–Crippen MR) is 106 cm³/mol. The second-order valence-electron chi connectivity index (χ2n) is 6.99. The summed E-state index contributed by atoms with van der Waals surface area (Å²) in [4.78, 5) is 14.6. The van der Waals surface area contributed by atoms with Crippen molar-refractivity contribution < 1.29 is 14.3 Å². The smallest absolute Gasteiger partial charge is 0.410 e. The maximum absolute atomic E-state index is 12.7. The summed E-state index contributed by atoms with van der Waals surface area (Å²) in [6, 6.07) is 15.7. The molecule has 2 aromatic rings. The lowest BCUT2D eigenvalue weighted by molar-refractivity contribution is 0.0832. The van der Waals surface area contributed by atoms with E-state index in [1.165, 1.54) is 5.57 Å². The molecule has 5 heteroatoms. The van der Waals surface area contributed by atoms with Gasteiger partial charge in [-0.1, -0.05) is 48.0 Å². The zero-order valence-electron chi connectivity index (χ0n) is 15.2. The van der Waals surface area contributed by atoms with Gasteiger partial charge >= 0.3 is 6.09 Å². The van der Waals surface area contributed by atoms with Crippen LogP contribution in [-0.2, 0) is 11.3 Å². The molecular formula is C22H22ClNO3. The van der Waals surface area contributed by atoms with E-state index in [9.17, 15) is 4.79 Å². The van der Waals surface area contributed by atoms with Crippen LogP contribution in [0.15, 0.2) is 54.6 Å². The third-order valence-electron chi connectivity index (χ3n) is 5.33. The Morgan fingerprint density at radius 3 is 2.74 bits per heavy atom. The fraction of sp³-hybridized carbons (Fsp3) is 0.318. The average Bonchev–Trinajstić information content (AvgIpc) is 2.97. The number of methoxy groups -OCH3 is 1. The highest BCUT2D eigenvalue weighted by Crippen LogP contribution is 2.41. The Morgan fingerprint density at radius 1 is 1.19 bits per heavy atom. The van der Waals surface area contributed by atoms with E-state index in [4.69, 9.17) is 21.1 Å². The molecule has 2 aliphatic rings. The number of fused-ring (bicyclic) bond motifs is 2. The Morgan fingerprint density at radius 2 is 2.00 bits per heavy atom. The van der Waals surface area contributed by atoms with Gasteiger partial charge in [0.15, 0.2) is 0 Å². The van der Waals surface area contributed by atoms with E-state index < -0.39 is 0 Å². The molecule has 0 saturated carbocycles. The number of benzene rings is 2. The number of halogens is 1. The molecule has 2 heterocycles. The van der Waals surface area contributed by atoms with Crippen molar-refractivity contribution in [2.75, 3.05) is 7.11 Å². The van der Waals surface area contributed by atoms with Crippen LogP contribution >= 0.6 is 11.6 Å². The molecule has 0 spiro atoms. The van der Waals surface area contributed by atoms with Gasteiger partial charge in [0.25, 0.3) is 0 Å². The molecule has 2 bridgehead atoms. The molecule has 140 valence electrons. The van der Waals surface area contributed by atoms with Gasteiger partial charge in [0.05, 0.1) is 13.2 Å². The summed E-state index contributed by atoms with van der Waals surface area (Å²) in [5.41, 5.74) is 3.17. The predicted octanol–water partition coefficient (Wildman–Crippen LogP) is 5.31. The van der Waals surface area contributed by atoms with Crippen LogP contribution in [0.5, 0.6) is 5.75 Å². The van der Waals surface area contributed by atoms with Crippen LogP contribution in [0.2, 0.25) is 5.02 Å². The lowest BCUT2D eigenvalue weighted by atomic mass is 9.94. The summed E-state index contributed by atoms with van der Waals surface area (Å²) >= 11 is 6.42. The average molecular weight is 384 g/mol.